The number of oxazole rings is 1. The number of ether oxygens (including phenoxy) is 1. The fourth-order valence-electron chi connectivity index (χ4n) is 2.56. The molecule has 1 aliphatic rings. The molecule has 118 valence electrons. The minimum absolute atomic E-state index is 0.236. The van der Waals surface area contributed by atoms with Crippen molar-refractivity contribution in [3.63, 3.8) is 0 Å². The molecule has 1 N–H and O–H groups in total. The molecule has 0 amide bonds. The van der Waals surface area contributed by atoms with Crippen molar-refractivity contribution in [2.24, 2.45) is 5.92 Å². The summed E-state index contributed by atoms with van der Waals surface area (Å²) >= 11 is 0. The van der Waals surface area contributed by atoms with Gasteiger partial charge in [0.05, 0.1) is 6.61 Å². The average molecular weight is 295 g/mol. The molecular formula is C15H25N3O3. The zero-order valence-electron chi connectivity index (χ0n) is 13.1. The van der Waals surface area contributed by atoms with Crippen molar-refractivity contribution in [2.75, 3.05) is 31.1 Å². The average Bonchev–Trinajstić information content (AvgIpc) is 3.08. The van der Waals surface area contributed by atoms with E-state index in [1.165, 1.54) is 19.1 Å². The molecule has 2 rings (SSSR count). The van der Waals surface area contributed by atoms with Gasteiger partial charge in [-0.25, -0.2) is 4.79 Å². The number of nitrogens with one attached hydrogen (secondary N) is 1. The van der Waals surface area contributed by atoms with Crippen LogP contribution in [-0.2, 0) is 4.74 Å². The van der Waals surface area contributed by atoms with Crippen molar-refractivity contribution in [1.82, 2.24) is 10.3 Å². The number of carbonyl (C=O) groups excluding carboxylic acids is 1. The third-order valence-corrected chi connectivity index (χ3v) is 3.44. The van der Waals surface area contributed by atoms with Crippen LogP contribution in [0.2, 0.25) is 0 Å². The zero-order valence-corrected chi connectivity index (χ0v) is 13.1. The second kappa shape index (κ2) is 7.45. The molecule has 0 aromatic carbocycles. The summed E-state index contributed by atoms with van der Waals surface area (Å²) in [5, 5.41) is 3.48. The summed E-state index contributed by atoms with van der Waals surface area (Å²) in [6.07, 6.45) is 3.75. The van der Waals surface area contributed by atoms with Gasteiger partial charge in [-0.1, -0.05) is 13.8 Å². The molecule has 1 fully saturated rings. The molecule has 0 radical (unpaired) electrons. The molecule has 1 aromatic rings. The molecule has 6 heteroatoms. The zero-order chi connectivity index (χ0) is 15.2. The van der Waals surface area contributed by atoms with Crippen molar-refractivity contribution < 1.29 is 13.9 Å². The van der Waals surface area contributed by atoms with Crippen LogP contribution in [0.4, 0.5) is 6.01 Å². The van der Waals surface area contributed by atoms with Crippen LogP contribution in [0.1, 0.15) is 44.1 Å². The highest BCUT2D eigenvalue weighted by atomic mass is 16.5. The Morgan fingerprint density at radius 3 is 3.05 bits per heavy atom. The highest BCUT2D eigenvalue weighted by Gasteiger charge is 2.23. The second-order valence-corrected chi connectivity index (χ2v) is 5.83. The van der Waals surface area contributed by atoms with Gasteiger partial charge in [-0.2, -0.15) is 4.98 Å². The van der Waals surface area contributed by atoms with Crippen molar-refractivity contribution in [3.05, 3.63) is 12.0 Å². The number of nitrogens with zero attached hydrogens (tertiary/aromatic N) is 2. The Bertz CT molecular complexity index is 453. The number of anilines is 1. The summed E-state index contributed by atoms with van der Waals surface area (Å²) in [6.45, 7) is 9.19. The lowest BCUT2D eigenvalue weighted by atomic mass is 10.1. The van der Waals surface area contributed by atoms with Gasteiger partial charge in [-0.05, 0) is 32.2 Å². The van der Waals surface area contributed by atoms with E-state index < -0.39 is 5.97 Å². The molecule has 0 bridgehead atoms. The molecule has 2 heterocycles. The summed E-state index contributed by atoms with van der Waals surface area (Å²) in [6, 6.07) is 0.960. The quantitative estimate of drug-likeness (QED) is 0.777. The van der Waals surface area contributed by atoms with Gasteiger partial charge in [0.25, 0.3) is 6.01 Å². The third-order valence-electron chi connectivity index (χ3n) is 3.44. The first-order valence-corrected chi connectivity index (χ1v) is 7.71. The Hall–Kier alpha value is -1.56. The summed E-state index contributed by atoms with van der Waals surface area (Å²) in [5.74, 6) is 0.0559. The minimum Gasteiger partial charge on any atom is -0.461 e. The third kappa shape index (κ3) is 4.46. The maximum absolute atomic E-state index is 11.7. The van der Waals surface area contributed by atoms with Gasteiger partial charge < -0.3 is 19.4 Å². The second-order valence-electron chi connectivity index (χ2n) is 5.83. The van der Waals surface area contributed by atoms with Crippen molar-refractivity contribution >= 4 is 12.0 Å². The number of aromatic nitrogens is 1. The Morgan fingerprint density at radius 1 is 1.62 bits per heavy atom. The van der Waals surface area contributed by atoms with E-state index >= 15 is 0 Å². The van der Waals surface area contributed by atoms with Crippen LogP contribution in [0, 0.1) is 5.92 Å². The molecule has 0 saturated carbocycles. The largest absolute Gasteiger partial charge is 0.461 e. The molecule has 1 aliphatic heterocycles. The summed E-state index contributed by atoms with van der Waals surface area (Å²) in [4.78, 5) is 18.1. The molecule has 1 atom stereocenters. The fourth-order valence-corrected chi connectivity index (χ4v) is 2.56. The molecular weight excluding hydrogens is 270 g/mol. The number of hydrogen-bond acceptors (Lipinski definition) is 6. The van der Waals surface area contributed by atoms with Gasteiger partial charge in [0, 0.05) is 19.1 Å². The first-order chi connectivity index (χ1) is 10.1. The summed E-state index contributed by atoms with van der Waals surface area (Å²) in [7, 11) is 0. The van der Waals surface area contributed by atoms with Crippen LogP contribution in [0.3, 0.4) is 0 Å². The topological polar surface area (TPSA) is 67.6 Å². The maximum Gasteiger partial charge on any atom is 0.360 e. The number of carbonyl (C=O) groups is 1. The van der Waals surface area contributed by atoms with Crippen molar-refractivity contribution in [1.29, 1.82) is 0 Å². The SMILES string of the molecule is CCOC(=O)c1coc(N(CC(C)C)CC2CCCN2)n1. The van der Waals surface area contributed by atoms with E-state index in [4.69, 9.17) is 9.15 Å². The summed E-state index contributed by atoms with van der Waals surface area (Å²) in [5.41, 5.74) is 0.236. The highest BCUT2D eigenvalue weighted by molar-refractivity contribution is 5.87. The maximum atomic E-state index is 11.7. The molecule has 0 aliphatic carbocycles. The Kier molecular flexibility index (Phi) is 5.61. The normalized spacial score (nSPS) is 18.2. The smallest absolute Gasteiger partial charge is 0.360 e. The van der Waals surface area contributed by atoms with Gasteiger partial charge in [0.2, 0.25) is 0 Å². The lowest BCUT2D eigenvalue weighted by Gasteiger charge is -2.25. The van der Waals surface area contributed by atoms with Gasteiger partial charge in [0.1, 0.15) is 6.26 Å². The summed E-state index contributed by atoms with van der Waals surface area (Å²) < 4.78 is 10.4. The molecule has 0 spiro atoms. The van der Waals surface area contributed by atoms with E-state index in [1.54, 1.807) is 6.92 Å². The Balaban J connectivity index is 2.06. The first-order valence-electron chi connectivity index (χ1n) is 7.71. The van der Waals surface area contributed by atoms with E-state index in [2.05, 4.69) is 29.0 Å². The minimum atomic E-state index is -0.434. The molecule has 1 unspecified atom stereocenters. The lowest BCUT2D eigenvalue weighted by Crippen LogP contribution is -2.39. The van der Waals surface area contributed by atoms with Crippen LogP contribution in [0.5, 0.6) is 0 Å². The van der Waals surface area contributed by atoms with Gasteiger partial charge >= 0.3 is 5.97 Å². The number of esters is 1. The standard InChI is InChI=1S/C15H25N3O3/c1-4-20-14(19)13-10-21-15(17-13)18(8-11(2)3)9-12-6-5-7-16-12/h10-12,16H,4-9H2,1-3H3. The predicted octanol–water partition coefficient (Wildman–Crippen LogP) is 2.07. The van der Waals surface area contributed by atoms with Crippen LogP contribution in [-0.4, -0.2) is 43.2 Å². The van der Waals surface area contributed by atoms with E-state index in [-0.39, 0.29) is 5.69 Å². The van der Waals surface area contributed by atoms with E-state index in [9.17, 15) is 4.79 Å². The number of hydrogen-bond donors (Lipinski definition) is 1. The van der Waals surface area contributed by atoms with Crippen LogP contribution < -0.4 is 10.2 Å². The highest BCUT2D eigenvalue weighted by Crippen LogP contribution is 2.18. The Labute approximate surface area is 125 Å². The Morgan fingerprint density at radius 2 is 2.43 bits per heavy atom. The van der Waals surface area contributed by atoms with Gasteiger partial charge in [-0.3, -0.25) is 0 Å². The van der Waals surface area contributed by atoms with E-state index in [1.807, 2.05) is 0 Å². The molecule has 6 nitrogen and oxygen atoms in total. The van der Waals surface area contributed by atoms with Crippen molar-refractivity contribution in [3.8, 4) is 0 Å². The monoisotopic (exact) mass is 295 g/mol. The van der Waals surface area contributed by atoms with E-state index in [0.717, 1.165) is 19.6 Å². The first kappa shape index (κ1) is 15.8. The number of rotatable bonds is 7. The molecule has 1 saturated heterocycles. The van der Waals surface area contributed by atoms with E-state index in [0.29, 0.717) is 24.6 Å². The van der Waals surface area contributed by atoms with Crippen LogP contribution in [0.15, 0.2) is 10.7 Å². The molecule has 1 aromatic heterocycles. The molecule has 21 heavy (non-hydrogen) atoms. The predicted molar refractivity (Wildman–Crippen MR) is 80.5 cm³/mol. The van der Waals surface area contributed by atoms with Crippen molar-refractivity contribution in [2.45, 2.75) is 39.7 Å². The van der Waals surface area contributed by atoms with Crippen LogP contribution >= 0.6 is 0 Å². The van der Waals surface area contributed by atoms with Crippen LogP contribution in [0.25, 0.3) is 0 Å². The van der Waals surface area contributed by atoms with Gasteiger partial charge in [-0.15, -0.1) is 0 Å². The van der Waals surface area contributed by atoms with Gasteiger partial charge in [0.15, 0.2) is 5.69 Å². The fraction of sp³-hybridized carbons (Fsp3) is 0.733. The lowest BCUT2D eigenvalue weighted by molar-refractivity contribution is 0.0519.